The molecule has 0 atom stereocenters. The first kappa shape index (κ1) is 16.4. The second-order valence-corrected chi connectivity index (χ2v) is 5.77. The Balaban J connectivity index is 2.62. The minimum absolute atomic E-state index is 0.0961. The number of rotatable bonds is 7. The second-order valence-electron chi connectivity index (χ2n) is 5.77. The van der Waals surface area contributed by atoms with E-state index in [9.17, 15) is 15.0 Å². The smallest absolute Gasteiger partial charge is 0.222 e. The predicted octanol–water partition coefficient (Wildman–Crippen LogP) is 0.548. The maximum Gasteiger partial charge on any atom is 0.222 e. The molecule has 4 N–H and O–H groups in total. The van der Waals surface area contributed by atoms with Gasteiger partial charge in [0.05, 0.1) is 18.8 Å². The van der Waals surface area contributed by atoms with E-state index in [1.54, 1.807) is 0 Å². The highest BCUT2D eigenvalue weighted by molar-refractivity contribution is 5.78. The maximum absolute atomic E-state index is 12.2. The molecule has 1 fully saturated rings. The Kier molecular flexibility index (Phi) is 6.23. The minimum atomic E-state index is -0.888. The van der Waals surface area contributed by atoms with Gasteiger partial charge in [-0.25, -0.2) is 0 Å². The Morgan fingerprint density at radius 2 is 1.79 bits per heavy atom. The zero-order valence-electron chi connectivity index (χ0n) is 12.2. The van der Waals surface area contributed by atoms with Gasteiger partial charge in [-0.15, -0.1) is 0 Å². The van der Waals surface area contributed by atoms with Gasteiger partial charge in [-0.1, -0.05) is 26.2 Å². The average Bonchev–Trinajstić information content (AvgIpc) is 2.46. The molecule has 0 aromatic carbocycles. The van der Waals surface area contributed by atoms with Crippen LogP contribution in [-0.2, 0) is 4.79 Å². The minimum Gasteiger partial charge on any atom is -0.394 e. The monoisotopic (exact) mass is 272 g/mol. The van der Waals surface area contributed by atoms with Crippen LogP contribution in [0.15, 0.2) is 0 Å². The summed E-state index contributed by atoms with van der Waals surface area (Å²) in [5, 5.41) is 24.8. The van der Waals surface area contributed by atoms with Gasteiger partial charge in [-0.05, 0) is 26.3 Å². The van der Waals surface area contributed by atoms with Crippen LogP contribution < -0.4 is 10.6 Å². The fourth-order valence-electron chi connectivity index (χ4n) is 2.83. The number of hydrogen-bond acceptors (Lipinski definition) is 4. The molecule has 112 valence electrons. The van der Waals surface area contributed by atoms with Crippen LogP contribution in [0, 0.1) is 0 Å². The largest absolute Gasteiger partial charge is 0.394 e. The molecule has 1 rings (SSSR count). The van der Waals surface area contributed by atoms with E-state index in [2.05, 4.69) is 10.6 Å². The zero-order chi connectivity index (χ0) is 14.4. The van der Waals surface area contributed by atoms with Crippen LogP contribution in [0.2, 0.25) is 0 Å². The Morgan fingerprint density at radius 3 is 2.21 bits per heavy atom. The van der Waals surface area contributed by atoms with E-state index in [0.29, 0.717) is 12.8 Å². The number of aliphatic hydroxyl groups excluding tert-OH is 2. The van der Waals surface area contributed by atoms with Gasteiger partial charge in [0, 0.05) is 12.0 Å². The molecule has 0 unspecified atom stereocenters. The van der Waals surface area contributed by atoms with Crippen LogP contribution in [-0.4, -0.2) is 47.5 Å². The van der Waals surface area contributed by atoms with Gasteiger partial charge in [0.25, 0.3) is 0 Å². The Bertz CT molecular complexity index is 276. The van der Waals surface area contributed by atoms with E-state index < -0.39 is 5.54 Å². The number of aliphatic hydroxyl groups is 2. The van der Waals surface area contributed by atoms with Crippen molar-refractivity contribution in [3.63, 3.8) is 0 Å². The van der Waals surface area contributed by atoms with E-state index >= 15 is 0 Å². The van der Waals surface area contributed by atoms with Crippen molar-refractivity contribution >= 4 is 5.91 Å². The highest BCUT2D eigenvalue weighted by atomic mass is 16.3. The Labute approximate surface area is 115 Å². The van der Waals surface area contributed by atoms with Gasteiger partial charge >= 0.3 is 0 Å². The normalized spacial score (nSPS) is 19.2. The molecule has 1 saturated carbocycles. The van der Waals surface area contributed by atoms with Gasteiger partial charge < -0.3 is 20.8 Å². The van der Waals surface area contributed by atoms with E-state index in [-0.39, 0.29) is 24.7 Å². The molecule has 5 heteroatoms. The van der Waals surface area contributed by atoms with Crippen LogP contribution >= 0.6 is 0 Å². The summed E-state index contributed by atoms with van der Waals surface area (Å²) in [6.07, 6.45) is 6.46. The lowest BCUT2D eigenvalue weighted by Crippen LogP contribution is -2.56. The van der Waals surface area contributed by atoms with Gasteiger partial charge in [-0.2, -0.15) is 0 Å². The third-order valence-corrected chi connectivity index (χ3v) is 4.53. The Hall–Kier alpha value is -0.650. The summed E-state index contributed by atoms with van der Waals surface area (Å²) in [5.41, 5.74) is -1.01. The van der Waals surface area contributed by atoms with Crippen molar-refractivity contribution in [3.05, 3.63) is 0 Å². The first-order valence-corrected chi connectivity index (χ1v) is 7.27. The third-order valence-electron chi connectivity index (χ3n) is 4.53. The molecule has 0 radical (unpaired) electrons. The SMILES string of the molecule is CCC(CO)(CO)NC(=O)CC1(NC)CCCCC1. The van der Waals surface area contributed by atoms with Crippen LogP contribution in [0.3, 0.4) is 0 Å². The molecular formula is C14H28N2O3. The standard InChI is InChI=1S/C14H28N2O3/c1-3-13(10-17,11-18)16-12(19)9-14(15-2)7-5-4-6-8-14/h15,17-18H,3-11H2,1-2H3,(H,16,19). The van der Waals surface area contributed by atoms with E-state index in [1.807, 2.05) is 14.0 Å². The lowest BCUT2D eigenvalue weighted by Gasteiger charge is -2.38. The summed E-state index contributed by atoms with van der Waals surface area (Å²) in [6.45, 7) is 1.37. The number of hydrogen-bond donors (Lipinski definition) is 4. The topological polar surface area (TPSA) is 81.6 Å². The lowest BCUT2D eigenvalue weighted by molar-refractivity contribution is -0.126. The highest BCUT2D eigenvalue weighted by Crippen LogP contribution is 2.30. The summed E-state index contributed by atoms with van der Waals surface area (Å²) in [7, 11) is 1.91. The number of carbonyl (C=O) groups is 1. The van der Waals surface area contributed by atoms with Gasteiger partial charge in [0.15, 0.2) is 0 Å². The van der Waals surface area contributed by atoms with Gasteiger partial charge in [0.2, 0.25) is 5.91 Å². The molecule has 1 aliphatic rings. The van der Waals surface area contributed by atoms with Crippen LogP contribution in [0.25, 0.3) is 0 Å². The maximum atomic E-state index is 12.2. The Morgan fingerprint density at radius 1 is 1.21 bits per heavy atom. The van der Waals surface area contributed by atoms with E-state index in [1.165, 1.54) is 6.42 Å². The van der Waals surface area contributed by atoms with Crippen molar-refractivity contribution in [1.82, 2.24) is 10.6 Å². The average molecular weight is 272 g/mol. The molecule has 0 spiro atoms. The van der Waals surface area contributed by atoms with Crippen molar-refractivity contribution in [1.29, 1.82) is 0 Å². The van der Waals surface area contributed by atoms with Crippen LogP contribution in [0.1, 0.15) is 51.9 Å². The van der Waals surface area contributed by atoms with Crippen LogP contribution in [0.5, 0.6) is 0 Å². The number of carbonyl (C=O) groups excluding carboxylic acids is 1. The summed E-state index contributed by atoms with van der Waals surface area (Å²) in [4.78, 5) is 12.2. The van der Waals surface area contributed by atoms with Crippen LogP contribution in [0.4, 0.5) is 0 Å². The van der Waals surface area contributed by atoms with Crippen molar-refractivity contribution in [3.8, 4) is 0 Å². The molecule has 0 heterocycles. The first-order valence-electron chi connectivity index (χ1n) is 7.27. The summed E-state index contributed by atoms with van der Waals surface area (Å²) in [6, 6.07) is 0. The fourth-order valence-corrected chi connectivity index (χ4v) is 2.83. The van der Waals surface area contributed by atoms with Crippen molar-refractivity contribution < 1.29 is 15.0 Å². The molecule has 1 aliphatic carbocycles. The first-order chi connectivity index (χ1) is 9.05. The molecule has 19 heavy (non-hydrogen) atoms. The fraction of sp³-hybridized carbons (Fsp3) is 0.929. The molecule has 0 bridgehead atoms. The highest BCUT2D eigenvalue weighted by Gasteiger charge is 2.35. The number of nitrogens with one attached hydrogen (secondary N) is 2. The molecule has 0 aromatic heterocycles. The summed E-state index contributed by atoms with van der Waals surface area (Å²) in [5.74, 6) is -0.0961. The molecule has 0 aliphatic heterocycles. The van der Waals surface area contributed by atoms with Gasteiger partial charge in [0.1, 0.15) is 0 Å². The molecule has 0 aromatic rings. The van der Waals surface area contributed by atoms with Crippen molar-refractivity contribution in [2.24, 2.45) is 0 Å². The van der Waals surface area contributed by atoms with Crippen molar-refractivity contribution in [2.75, 3.05) is 20.3 Å². The van der Waals surface area contributed by atoms with Gasteiger partial charge in [-0.3, -0.25) is 4.79 Å². The number of amides is 1. The molecular weight excluding hydrogens is 244 g/mol. The summed E-state index contributed by atoms with van der Waals surface area (Å²) < 4.78 is 0. The quantitative estimate of drug-likeness (QED) is 0.545. The molecule has 0 saturated heterocycles. The summed E-state index contributed by atoms with van der Waals surface area (Å²) >= 11 is 0. The third kappa shape index (κ3) is 4.16. The van der Waals surface area contributed by atoms with E-state index in [0.717, 1.165) is 25.7 Å². The lowest BCUT2D eigenvalue weighted by atomic mass is 9.79. The second kappa shape index (κ2) is 7.22. The molecule has 5 nitrogen and oxygen atoms in total. The molecule has 1 amide bonds. The predicted molar refractivity (Wildman–Crippen MR) is 74.8 cm³/mol. The van der Waals surface area contributed by atoms with E-state index in [4.69, 9.17) is 0 Å². The van der Waals surface area contributed by atoms with Crippen molar-refractivity contribution in [2.45, 2.75) is 62.9 Å². The zero-order valence-corrected chi connectivity index (χ0v) is 12.2.